The number of benzene rings is 1. The van der Waals surface area contributed by atoms with Gasteiger partial charge in [-0.2, -0.15) is 0 Å². The summed E-state index contributed by atoms with van der Waals surface area (Å²) in [5.41, 5.74) is 0. The first kappa shape index (κ1) is 15.2. The Balaban J connectivity index is 1.69. The third kappa shape index (κ3) is 5.35. The zero-order valence-corrected chi connectivity index (χ0v) is 13.1. The molecule has 0 saturated carbocycles. The Morgan fingerprint density at radius 1 is 1.37 bits per heavy atom. The fraction of sp³-hybridized carbons (Fsp3) is 0.600. The minimum Gasteiger partial charge on any atom is -0.381 e. The molecule has 0 radical (unpaired) electrons. The highest BCUT2D eigenvalue weighted by Gasteiger charge is 2.18. The van der Waals surface area contributed by atoms with E-state index in [-0.39, 0.29) is 0 Å². The molecule has 19 heavy (non-hydrogen) atoms. The van der Waals surface area contributed by atoms with Gasteiger partial charge < -0.3 is 9.64 Å². The van der Waals surface area contributed by atoms with Crippen LogP contribution in [0.1, 0.15) is 13.3 Å². The monoisotopic (exact) mass is 299 g/mol. The Hall–Kier alpha value is -0.220. The van der Waals surface area contributed by atoms with Crippen LogP contribution in [0, 0.1) is 5.92 Å². The predicted molar refractivity (Wildman–Crippen MR) is 83.2 cm³/mol. The lowest BCUT2D eigenvalue weighted by molar-refractivity contribution is 0.171. The van der Waals surface area contributed by atoms with E-state index in [1.165, 1.54) is 17.9 Å². The lowest BCUT2D eigenvalue weighted by Crippen LogP contribution is -2.31. The van der Waals surface area contributed by atoms with Crippen molar-refractivity contribution in [3.05, 3.63) is 29.3 Å². The zero-order valence-electron chi connectivity index (χ0n) is 11.5. The average molecular weight is 300 g/mol. The van der Waals surface area contributed by atoms with E-state index in [0.717, 1.165) is 43.0 Å². The molecule has 4 heteroatoms. The molecule has 1 fully saturated rings. The van der Waals surface area contributed by atoms with Gasteiger partial charge in [-0.05, 0) is 43.1 Å². The Labute approximate surface area is 125 Å². The molecule has 0 aliphatic carbocycles. The van der Waals surface area contributed by atoms with Gasteiger partial charge in [0, 0.05) is 35.4 Å². The maximum absolute atomic E-state index is 5.88. The van der Waals surface area contributed by atoms with Crippen molar-refractivity contribution in [3.8, 4) is 0 Å². The molecule has 1 aliphatic rings. The molecule has 2 rings (SSSR count). The van der Waals surface area contributed by atoms with Gasteiger partial charge in [-0.25, -0.2) is 0 Å². The molecule has 106 valence electrons. The molecule has 0 bridgehead atoms. The van der Waals surface area contributed by atoms with Gasteiger partial charge in [0.05, 0.1) is 6.61 Å². The van der Waals surface area contributed by atoms with Crippen LogP contribution >= 0.6 is 23.4 Å². The van der Waals surface area contributed by atoms with Crippen LogP contribution in [0.4, 0.5) is 0 Å². The van der Waals surface area contributed by atoms with Gasteiger partial charge in [-0.1, -0.05) is 18.5 Å². The van der Waals surface area contributed by atoms with Gasteiger partial charge >= 0.3 is 0 Å². The molecule has 0 amide bonds. The van der Waals surface area contributed by atoms with Crippen molar-refractivity contribution in [1.82, 2.24) is 4.90 Å². The average Bonchev–Trinajstić information content (AvgIpc) is 2.93. The van der Waals surface area contributed by atoms with E-state index in [9.17, 15) is 0 Å². The molecule has 1 atom stereocenters. The smallest absolute Gasteiger partial charge is 0.0507 e. The van der Waals surface area contributed by atoms with Crippen LogP contribution < -0.4 is 0 Å². The van der Waals surface area contributed by atoms with Crippen molar-refractivity contribution < 1.29 is 4.74 Å². The summed E-state index contributed by atoms with van der Waals surface area (Å²) in [4.78, 5) is 3.83. The number of rotatable bonds is 7. The first-order valence-electron chi connectivity index (χ1n) is 6.96. The predicted octanol–water partition coefficient (Wildman–Crippen LogP) is 3.79. The Morgan fingerprint density at radius 3 is 2.79 bits per heavy atom. The molecule has 1 unspecified atom stereocenters. The number of ether oxygens (including phenoxy) is 1. The van der Waals surface area contributed by atoms with Crippen LogP contribution in [0.5, 0.6) is 0 Å². The summed E-state index contributed by atoms with van der Waals surface area (Å²) in [5, 5.41) is 0.806. The molecule has 1 aliphatic heterocycles. The van der Waals surface area contributed by atoms with Gasteiger partial charge in [0.25, 0.3) is 0 Å². The topological polar surface area (TPSA) is 12.5 Å². The highest BCUT2D eigenvalue weighted by molar-refractivity contribution is 7.99. The van der Waals surface area contributed by atoms with Gasteiger partial charge in [0.2, 0.25) is 0 Å². The fourth-order valence-electron chi connectivity index (χ4n) is 2.29. The molecular weight excluding hydrogens is 278 g/mol. The molecule has 1 aromatic rings. The quantitative estimate of drug-likeness (QED) is 0.711. The van der Waals surface area contributed by atoms with Crippen molar-refractivity contribution in [2.45, 2.75) is 18.2 Å². The summed E-state index contributed by atoms with van der Waals surface area (Å²) < 4.78 is 5.44. The second-order valence-corrected chi connectivity index (χ2v) is 6.53. The van der Waals surface area contributed by atoms with E-state index in [0.29, 0.717) is 0 Å². The highest BCUT2D eigenvalue weighted by atomic mass is 35.5. The van der Waals surface area contributed by atoms with Crippen molar-refractivity contribution >= 4 is 23.4 Å². The number of hydrogen-bond acceptors (Lipinski definition) is 3. The lowest BCUT2D eigenvalue weighted by atomic mass is 10.1. The normalized spacial score (nSPS) is 19.2. The molecule has 1 heterocycles. The molecule has 1 saturated heterocycles. The maximum atomic E-state index is 5.88. The largest absolute Gasteiger partial charge is 0.381 e. The van der Waals surface area contributed by atoms with Crippen LogP contribution in [-0.2, 0) is 4.74 Å². The summed E-state index contributed by atoms with van der Waals surface area (Å²) in [5.74, 6) is 1.86. The summed E-state index contributed by atoms with van der Waals surface area (Å²) >= 11 is 7.78. The molecule has 1 aromatic carbocycles. The third-order valence-corrected chi connectivity index (χ3v) is 4.72. The van der Waals surface area contributed by atoms with Crippen molar-refractivity contribution in [2.24, 2.45) is 5.92 Å². The second-order valence-electron chi connectivity index (χ2n) is 4.93. The first-order chi connectivity index (χ1) is 9.28. The zero-order chi connectivity index (χ0) is 13.5. The number of nitrogens with zero attached hydrogens (tertiary/aromatic N) is 1. The second kappa shape index (κ2) is 8.15. The van der Waals surface area contributed by atoms with Gasteiger partial charge in [-0.15, -0.1) is 11.8 Å². The van der Waals surface area contributed by atoms with Gasteiger partial charge in [0.15, 0.2) is 0 Å². The minimum atomic E-state index is 0.737. The molecule has 0 spiro atoms. The standard InChI is InChI=1S/C15H22ClNOS/c1-2-17(11-13-7-9-18-12-13)8-10-19-15-5-3-14(16)4-6-15/h3-6,13H,2,7-12H2,1H3. The van der Waals surface area contributed by atoms with E-state index in [4.69, 9.17) is 16.3 Å². The minimum absolute atomic E-state index is 0.737. The summed E-state index contributed by atoms with van der Waals surface area (Å²) in [6.45, 7) is 7.57. The summed E-state index contributed by atoms with van der Waals surface area (Å²) in [7, 11) is 0. The van der Waals surface area contributed by atoms with E-state index in [2.05, 4.69) is 24.0 Å². The Morgan fingerprint density at radius 2 is 2.16 bits per heavy atom. The highest BCUT2D eigenvalue weighted by Crippen LogP contribution is 2.21. The Kier molecular flexibility index (Phi) is 6.51. The van der Waals surface area contributed by atoms with Crippen LogP contribution in [0.15, 0.2) is 29.2 Å². The van der Waals surface area contributed by atoms with E-state index in [1.807, 2.05) is 23.9 Å². The first-order valence-corrected chi connectivity index (χ1v) is 8.32. The third-order valence-electron chi connectivity index (χ3n) is 3.48. The molecule has 0 N–H and O–H groups in total. The van der Waals surface area contributed by atoms with Crippen LogP contribution in [-0.4, -0.2) is 43.5 Å². The lowest BCUT2D eigenvalue weighted by Gasteiger charge is -2.23. The number of halogens is 1. The van der Waals surface area contributed by atoms with Crippen molar-refractivity contribution in [3.63, 3.8) is 0 Å². The maximum Gasteiger partial charge on any atom is 0.0507 e. The summed E-state index contributed by atoms with van der Waals surface area (Å²) in [6, 6.07) is 8.09. The van der Waals surface area contributed by atoms with Crippen LogP contribution in [0.3, 0.4) is 0 Å². The van der Waals surface area contributed by atoms with Crippen LogP contribution in [0.25, 0.3) is 0 Å². The molecular formula is C15H22ClNOS. The van der Waals surface area contributed by atoms with Crippen molar-refractivity contribution in [1.29, 1.82) is 0 Å². The van der Waals surface area contributed by atoms with Gasteiger partial charge in [-0.3, -0.25) is 0 Å². The van der Waals surface area contributed by atoms with Gasteiger partial charge in [0.1, 0.15) is 0 Å². The fourth-order valence-corrected chi connectivity index (χ4v) is 3.33. The molecule has 0 aromatic heterocycles. The van der Waals surface area contributed by atoms with Crippen LogP contribution in [0.2, 0.25) is 5.02 Å². The number of thioether (sulfide) groups is 1. The Bertz CT molecular complexity index is 365. The molecule has 2 nitrogen and oxygen atoms in total. The van der Waals surface area contributed by atoms with E-state index in [1.54, 1.807) is 0 Å². The SMILES string of the molecule is CCN(CCSc1ccc(Cl)cc1)CC1CCOC1. The van der Waals surface area contributed by atoms with E-state index < -0.39 is 0 Å². The van der Waals surface area contributed by atoms with E-state index >= 15 is 0 Å². The number of hydrogen-bond donors (Lipinski definition) is 0. The van der Waals surface area contributed by atoms with Crippen molar-refractivity contribution in [2.75, 3.05) is 38.6 Å². The summed E-state index contributed by atoms with van der Waals surface area (Å²) in [6.07, 6.45) is 1.22.